The van der Waals surface area contributed by atoms with Gasteiger partial charge in [-0.1, -0.05) is 59.3 Å². The van der Waals surface area contributed by atoms with Crippen molar-refractivity contribution in [2.75, 3.05) is 11.9 Å². The Morgan fingerprint density at radius 3 is 2.53 bits per heavy atom. The van der Waals surface area contributed by atoms with E-state index in [1.54, 1.807) is 0 Å². The van der Waals surface area contributed by atoms with Gasteiger partial charge in [0.1, 0.15) is 0 Å². The Bertz CT molecular complexity index is 467. The zero-order valence-electron chi connectivity index (χ0n) is 9.86. The predicted octanol–water partition coefficient (Wildman–Crippen LogP) is 4.66. The Kier molecular flexibility index (Phi) is 4.21. The molecule has 0 aliphatic heterocycles. The fraction of sp³-hybridized carbons (Fsp3) is 0.200. The van der Waals surface area contributed by atoms with Crippen molar-refractivity contribution in [2.45, 2.75) is 12.8 Å². The van der Waals surface area contributed by atoms with Crippen LogP contribution >= 0.6 is 15.9 Å². The molecule has 2 aromatic carbocycles. The van der Waals surface area contributed by atoms with Gasteiger partial charge in [0, 0.05) is 16.7 Å². The highest BCUT2D eigenvalue weighted by Crippen LogP contribution is 2.18. The fourth-order valence-electron chi connectivity index (χ4n) is 1.77. The van der Waals surface area contributed by atoms with Crippen molar-refractivity contribution in [3.8, 4) is 0 Å². The highest BCUT2D eigenvalue weighted by atomic mass is 79.9. The molecule has 1 atom stereocenters. The molecule has 0 heterocycles. The van der Waals surface area contributed by atoms with Gasteiger partial charge in [-0.2, -0.15) is 0 Å². The maximum absolute atomic E-state index is 3.47. The van der Waals surface area contributed by atoms with Crippen LogP contribution in [0.2, 0.25) is 0 Å². The Morgan fingerprint density at radius 1 is 1.06 bits per heavy atom. The van der Waals surface area contributed by atoms with Gasteiger partial charge in [-0.15, -0.1) is 0 Å². The smallest absolute Gasteiger partial charge is 0.0351 e. The molecular weight excluding hydrogens is 274 g/mol. The monoisotopic (exact) mass is 289 g/mol. The third-order valence-electron chi connectivity index (χ3n) is 2.81. The maximum atomic E-state index is 3.47. The number of nitrogens with one attached hydrogen (secondary N) is 1. The van der Waals surface area contributed by atoms with E-state index in [-0.39, 0.29) is 0 Å². The van der Waals surface area contributed by atoms with Crippen LogP contribution in [0, 0.1) is 0 Å². The molecule has 0 bridgehead atoms. The van der Waals surface area contributed by atoms with Crippen LogP contribution in [0.3, 0.4) is 0 Å². The van der Waals surface area contributed by atoms with Gasteiger partial charge < -0.3 is 5.32 Å². The van der Waals surface area contributed by atoms with E-state index < -0.39 is 0 Å². The second-order valence-corrected chi connectivity index (χ2v) is 5.12. The summed E-state index contributed by atoms with van der Waals surface area (Å²) in [6.45, 7) is 3.18. The summed E-state index contributed by atoms with van der Waals surface area (Å²) in [5, 5.41) is 3.45. The van der Waals surface area contributed by atoms with Crippen LogP contribution in [0.15, 0.2) is 59.1 Å². The molecular formula is C15H16BrN. The minimum absolute atomic E-state index is 0.509. The lowest BCUT2D eigenvalue weighted by atomic mass is 10.0. The first kappa shape index (κ1) is 12.2. The topological polar surface area (TPSA) is 12.0 Å². The minimum atomic E-state index is 0.509. The Labute approximate surface area is 111 Å². The minimum Gasteiger partial charge on any atom is -0.384 e. The van der Waals surface area contributed by atoms with Gasteiger partial charge in [0.2, 0.25) is 0 Å². The van der Waals surface area contributed by atoms with E-state index in [2.05, 4.69) is 70.6 Å². The van der Waals surface area contributed by atoms with Crippen molar-refractivity contribution in [3.63, 3.8) is 0 Å². The van der Waals surface area contributed by atoms with E-state index in [0.29, 0.717) is 5.92 Å². The molecule has 0 saturated heterocycles. The third-order valence-corrected chi connectivity index (χ3v) is 3.30. The van der Waals surface area contributed by atoms with Gasteiger partial charge in [-0.05, 0) is 29.7 Å². The van der Waals surface area contributed by atoms with E-state index in [1.807, 2.05) is 12.1 Å². The van der Waals surface area contributed by atoms with Crippen LogP contribution in [-0.2, 0) is 0 Å². The second kappa shape index (κ2) is 5.87. The molecule has 2 aromatic rings. The molecule has 17 heavy (non-hydrogen) atoms. The van der Waals surface area contributed by atoms with Crippen LogP contribution in [-0.4, -0.2) is 6.54 Å². The summed E-state index contributed by atoms with van der Waals surface area (Å²) < 4.78 is 1.11. The Morgan fingerprint density at radius 2 is 1.82 bits per heavy atom. The van der Waals surface area contributed by atoms with Crippen molar-refractivity contribution in [1.29, 1.82) is 0 Å². The number of benzene rings is 2. The lowest BCUT2D eigenvalue weighted by Gasteiger charge is -2.14. The van der Waals surface area contributed by atoms with E-state index in [9.17, 15) is 0 Å². The van der Waals surface area contributed by atoms with Crippen LogP contribution < -0.4 is 5.32 Å². The zero-order valence-corrected chi connectivity index (χ0v) is 11.4. The summed E-state index contributed by atoms with van der Waals surface area (Å²) in [7, 11) is 0. The van der Waals surface area contributed by atoms with Crippen LogP contribution in [0.25, 0.3) is 0 Å². The lowest BCUT2D eigenvalue weighted by molar-refractivity contribution is 0.805. The van der Waals surface area contributed by atoms with Crippen molar-refractivity contribution in [3.05, 3.63) is 64.6 Å². The van der Waals surface area contributed by atoms with Crippen LogP contribution in [0.4, 0.5) is 5.69 Å². The number of rotatable bonds is 4. The quantitative estimate of drug-likeness (QED) is 0.863. The summed E-state index contributed by atoms with van der Waals surface area (Å²) in [4.78, 5) is 0. The summed E-state index contributed by atoms with van der Waals surface area (Å²) in [6, 6.07) is 18.8. The summed E-state index contributed by atoms with van der Waals surface area (Å²) in [5.41, 5.74) is 2.53. The zero-order chi connectivity index (χ0) is 12.1. The van der Waals surface area contributed by atoms with Gasteiger partial charge in [-0.3, -0.25) is 0 Å². The van der Waals surface area contributed by atoms with E-state index in [4.69, 9.17) is 0 Å². The van der Waals surface area contributed by atoms with Gasteiger partial charge in [0.05, 0.1) is 0 Å². The van der Waals surface area contributed by atoms with Crippen molar-refractivity contribution in [1.82, 2.24) is 0 Å². The summed E-state index contributed by atoms with van der Waals surface area (Å²) in [5.74, 6) is 0.509. The number of anilines is 1. The van der Waals surface area contributed by atoms with Crippen molar-refractivity contribution >= 4 is 21.6 Å². The molecule has 2 heteroatoms. The first-order valence-electron chi connectivity index (χ1n) is 5.80. The van der Waals surface area contributed by atoms with Crippen LogP contribution in [0.5, 0.6) is 0 Å². The molecule has 0 amide bonds. The first-order valence-corrected chi connectivity index (χ1v) is 6.59. The van der Waals surface area contributed by atoms with Gasteiger partial charge in [0.15, 0.2) is 0 Å². The standard InChI is InChI=1S/C15H16BrN/c1-12(13-6-3-2-4-7-13)11-17-15-9-5-8-14(16)10-15/h2-10,12,17H,11H2,1H3. The molecule has 2 rings (SSSR count). The summed E-state index contributed by atoms with van der Waals surface area (Å²) >= 11 is 3.47. The maximum Gasteiger partial charge on any atom is 0.0351 e. The average Bonchev–Trinajstić information content (AvgIpc) is 2.37. The molecule has 0 aromatic heterocycles. The number of hydrogen-bond donors (Lipinski definition) is 1. The molecule has 0 aliphatic carbocycles. The van der Waals surface area contributed by atoms with E-state index >= 15 is 0 Å². The molecule has 0 fully saturated rings. The van der Waals surface area contributed by atoms with E-state index in [0.717, 1.165) is 16.7 Å². The molecule has 88 valence electrons. The molecule has 1 nitrogen and oxygen atoms in total. The third kappa shape index (κ3) is 3.60. The molecule has 0 radical (unpaired) electrons. The summed E-state index contributed by atoms with van der Waals surface area (Å²) in [6.07, 6.45) is 0. The normalized spacial score (nSPS) is 12.1. The number of hydrogen-bond acceptors (Lipinski definition) is 1. The molecule has 0 aliphatic rings. The number of halogens is 1. The van der Waals surface area contributed by atoms with Crippen molar-refractivity contribution < 1.29 is 0 Å². The largest absolute Gasteiger partial charge is 0.384 e. The van der Waals surface area contributed by atoms with Crippen LogP contribution in [0.1, 0.15) is 18.4 Å². The van der Waals surface area contributed by atoms with Gasteiger partial charge in [-0.25, -0.2) is 0 Å². The van der Waals surface area contributed by atoms with Gasteiger partial charge in [0.25, 0.3) is 0 Å². The second-order valence-electron chi connectivity index (χ2n) is 4.20. The Balaban J connectivity index is 1.95. The lowest BCUT2D eigenvalue weighted by Crippen LogP contribution is -2.09. The fourth-order valence-corrected chi connectivity index (χ4v) is 2.17. The predicted molar refractivity (Wildman–Crippen MR) is 77.5 cm³/mol. The highest BCUT2D eigenvalue weighted by Gasteiger charge is 2.04. The SMILES string of the molecule is CC(CNc1cccc(Br)c1)c1ccccc1. The molecule has 1 unspecified atom stereocenters. The average molecular weight is 290 g/mol. The molecule has 0 saturated carbocycles. The van der Waals surface area contributed by atoms with E-state index in [1.165, 1.54) is 5.56 Å². The molecule has 1 N–H and O–H groups in total. The van der Waals surface area contributed by atoms with Gasteiger partial charge >= 0.3 is 0 Å². The Hall–Kier alpha value is -1.28. The first-order chi connectivity index (χ1) is 8.25. The molecule has 0 spiro atoms. The van der Waals surface area contributed by atoms with Crippen molar-refractivity contribution in [2.24, 2.45) is 0 Å². The highest BCUT2D eigenvalue weighted by molar-refractivity contribution is 9.10.